The van der Waals surface area contributed by atoms with Crippen molar-refractivity contribution in [1.29, 1.82) is 0 Å². The smallest absolute Gasteiger partial charge is 0.231 e. The number of fused-ring (bicyclic) bond motifs is 1. The summed E-state index contributed by atoms with van der Waals surface area (Å²) in [7, 11) is 3.47. The van der Waals surface area contributed by atoms with Gasteiger partial charge in [0.05, 0.1) is 7.11 Å². The second kappa shape index (κ2) is 7.47. The lowest BCUT2D eigenvalue weighted by atomic mass is 10.1. The van der Waals surface area contributed by atoms with Crippen molar-refractivity contribution in [3.05, 3.63) is 53.1 Å². The Kier molecular flexibility index (Phi) is 5.12. The fraction of sp³-hybridized carbons (Fsp3) is 0.350. The lowest BCUT2D eigenvalue weighted by molar-refractivity contribution is -0.130. The van der Waals surface area contributed by atoms with Crippen LogP contribution < -0.4 is 14.2 Å². The van der Waals surface area contributed by atoms with Gasteiger partial charge in [0.1, 0.15) is 5.75 Å². The van der Waals surface area contributed by atoms with Gasteiger partial charge in [-0.05, 0) is 37.1 Å². The van der Waals surface area contributed by atoms with Gasteiger partial charge in [-0.1, -0.05) is 23.8 Å². The van der Waals surface area contributed by atoms with Crippen molar-refractivity contribution in [2.24, 2.45) is 0 Å². The molecule has 2 aromatic rings. The van der Waals surface area contributed by atoms with Crippen LogP contribution in [0.5, 0.6) is 17.2 Å². The van der Waals surface area contributed by atoms with Crippen LogP contribution in [0.1, 0.15) is 23.1 Å². The van der Waals surface area contributed by atoms with E-state index in [0.29, 0.717) is 19.4 Å². The molecule has 2 aromatic carbocycles. The first-order chi connectivity index (χ1) is 12.1. The van der Waals surface area contributed by atoms with E-state index in [1.54, 1.807) is 12.0 Å². The third kappa shape index (κ3) is 4.05. The third-order valence-corrected chi connectivity index (χ3v) is 4.33. The van der Waals surface area contributed by atoms with Crippen LogP contribution in [0.25, 0.3) is 0 Å². The molecule has 0 aliphatic carbocycles. The predicted octanol–water partition coefficient (Wildman–Crippen LogP) is 3.32. The monoisotopic (exact) mass is 341 g/mol. The van der Waals surface area contributed by atoms with Crippen LogP contribution in [0.4, 0.5) is 0 Å². The zero-order valence-electron chi connectivity index (χ0n) is 14.9. The third-order valence-electron chi connectivity index (χ3n) is 4.33. The number of benzene rings is 2. The first kappa shape index (κ1) is 17.1. The Hall–Kier alpha value is -2.69. The van der Waals surface area contributed by atoms with Crippen molar-refractivity contribution in [3.8, 4) is 17.2 Å². The Morgan fingerprint density at radius 3 is 2.76 bits per heavy atom. The molecule has 0 atom stereocenters. The number of methoxy groups -OCH3 is 1. The molecule has 1 amide bonds. The minimum Gasteiger partial charge on any atom is -0.496 e. The highest BCUT2D eigenvalue weighted by Gasteiger charge is 2.15. The van der Waals surface area contributed by atoms with Gasteiger partial charge in [0, 0.05) is 25.6 Å². The average molecular weight is 341 g/mol. The summed E-state index contributed by atoms with van der Waals surface area (Å²) in [6, 6.07) is 11.8. The quantitative estimate of drug-likeness (QED) is 0.809. The molecule has 0 radical (unpaired) electrons. The van der Waals surface area contributed by atoms with Crippen molar-refractivity contribution in [1.82, 2.24) is 4.90 Å². The van der Waals surface area contributed by atoms with Crippen LogP contribution in [-0.2, 0) is 17.8 Å². The molecule has 0 bridgehead atoms. The summed E-state index contributed by atoms with van der Waals surface area (Å²) in [5, 5.41) is 0. The number of hydrogen-bond donors (Lipinski definition) is 0. The molecule has 0 N–H and O–H groups in total. The Morgan fingerprint density at radius 1 is 1.16 bits per heavy atom. The van der Waals surface area contributed by atoms with E-state index in [-0.39, 0.29) is 12.7 Å². The maximum atomic E-state index is 12.5. The summed E-state index contributed by atoms with van der Waals surface area (Å²) in [6.07, 6.45) is 1.12. The molecule has 25 heavy (non-hydrogen) atoms. The Labute approximate surface area is 148 Å². The van der Waals surface area contributed by atoms with Crippen molar-refractivity contribution in [2.45, 2.75) is 26.3 Å². The summed E-state index contributed by atoms with van der Waals surface area (Å²) < 4.78 is 16.1. The van der Waals surface area contributed by atoms with E-state index in [1.165, 1.54) is 0 Å². The molecule has 0 unspecified atom stereocenters. The molecule has 0 fully saturated rings. The Balaban J connectivity index is 1.59. The highest BCUT2D eigenvalue weighted by molar-refractivity contribution is 5.76. The Morgan fingerprint density at radius 2 is 1.96 bits per heavy atom. The maximum Gasteiger partial charge on any atom is 0.231 e. The van der Waals surface area contributed by atoms with Gasteiger partial charge in [0.15, 0.2) is 11.5 Å². The standard InChI is InChI=1S/C20H23NO4/c1-14-4-7-17(23-3)16(10-14)12-21(2)20(22)9-6-15-5-8-18-19(11-15)25-13-24-18/h4-5,7-8,10-11H,6,9,12-13H2,1-3H3. The maximum absolute atomic E-state index is 12.5. The number of amides is 1. The van der Waals surface area contributed by atoms with Gasteiger partial charge in [-0.25, -0.2) is 0 Å². The second-order valence-electron chi connectivity index (χ2n) is 6.25. The van der Waals surface area contributed by atoms with Crippen molar-refractivity contribution in [3.63, 3.8) is 0 Å². The number of carbonyl (C=O) groups is 1. The lowest BCUT2D eigenvalue weighted by Gasteiger charge is -2.19. The molecular formula is C20H23NO4. The van der Waals surface area contributed by atoms with Crippen molar-refractivity contribution < 1.29 is 19.0 Å². The minimum atomic E-state index is 0.0984. The highest BCUT2D eigenvalue weighted by atomic mass is 16.7. The normalized spacial score (nSPS) is 12.1. The van der Waals surface area contributed by atoms with Gasteiger partial charge in [-0.3, -0.25) is 4.79 Å². The molecule has 0 saturated heterocycles. The van der Waals surface area contributed by atoms with Crippen LogP contribution in [-0.4, -0.2) is 31.8 Å². The average Bonchev–Trinajstić information content (AvgIpc) is 3.07. The highest BCUT2D eigenvalue weighted by Crippen LogP contribution is 2.32. The number of carbonyl (C=O) groups excluding carboxylic acids is 1. The number of ether oxygens (including phenoxy) is 3. The van der Waals surface area contributed by atoms with Gasteiger partial charge in [-0.15, -0.1) is 0 Å². The molecule has 0 saturated carbocycles. The second-order valence-corrected chi connectivity index (χ2v) is 6.25. The van der Waals surface area contributed by atoms with Crippen LogP contribution in [0.15, 0.2) is 36.4 Å². The SMILES string of the molecule is COc1ccc(C)cc1CN(C)C(=O)CCc1ccc2c(c1)OCO2. The van der Waals surface area contributed by atoms with E-state index in [1.807, 2.05) is 44.3 Å². The summed E-state index contributed by atoms with van der Waals surface area (Å²) >= 11 is 0. The fourth-order valence-corrected chi connectivity index (χ4v) is 2.91. The zero-order valence-corrected chi connectivity index (χ0v) is 14.9. The zero-order chi connectivity index (χ0) is 17.8. The summed E-state index contributed by atoms with van der Waals surface area (Å²) in [4.78, 5) is 14.2. The molecular weight excluding hydrogens is 318 g/mol. The van der Waals surface area contributed by atoms with E-state index in [0.717, 1.165) is 33.9 Å². The van der Waals surface area contributed by atoms with E-state index in [9.17, 15) is 4.79 Å². The van der Waals surface area contributed by atoms with Gasteiger partial charge in [0.2, 0.25) is 12.7 Å². The van der Waals surface area contributed by atoms with Gasteiger partial charge >= 0.3 is 0 Å². The van der Waals surface area contributed by atoms with Gasteiger partial charge < -0.3 is 19.1 Å². The van der Waals surface area contributed by atoms with E-state index >= 15 is 0 Å². The first-order valence-corrected chi connectivity index (χ1v) is 8.33. The molecule has 0 aromatic heterocycles. The largest absolute Gasteiger partial charge is 0.496 e. The number of hydrogen-bond acceptors (Lipinski definition) is 4. The predicted molar refractivity (Wildman–Crippen MR) is 95.1 cm³/mol. The van der Waals surface area contributed by atoms with E-state index in [4.69, 9.17) is 14.2 Å². The Bertz CT molecular complexity index is 772. The topological polar surface area (TPSA) is 48.0 Å². The summed E-state index contributed by atoms with van der Waals surface area (Å²) in [6.45, 7) is 2.83. The van der Waals surface area contributed by atoms with E-state index < -0.39 is 0 Å². The molecule has 5 heteroatoms. The molecule has 1 heterocycles. The van der Waals surface area contributed by atoms with E-state index in [2.05, 4.69) is 6.07 Å². The number of aryl methyl sites for hydroxylation is 2. The van der Waals surface area contributed by atoms with Crippen molar-refractivity contribution >= 4 is 5.91 Å². The molecule has 132 valence electrons. The van der Waals surface area contributed by atoms with Crippen LogP contribution in [0.2, 0.25) is 0 Å². The van der Waals surface area contributed by atoms with Gasteiger partial charge in [0.25, 0.3) is 0 Å². The minimum absolute atomic E-state index is 0.0984. The fourth-order valence-electron chi connectivity index (χ4n) is 2.91. The molecule has 1 aliphatic heterocycles. The molecule has 1 aliphatic rings. The molecule has 3 rings (SSSR count). The first-order valence-electron chi connectivity index (χ1n) is 8.33. The summed E-state index contributed by atoms with van der Waals surface area (Å²) in [5.74, 6) is 2.42. The number of nitrogens with zero attached hydrogens (tertiary/aromatic N) is 1. The van der Waals surface area contributed by atoms with Crippen molar-refractivity contribution in [2.75, 3.05) is 21.0 Å². The molecule has 0 spiro atoms. The summed E-state index contributed by atoms with van der Waals surface area (Å²) in [5.41, 5.74) is 3.23. The van der Waals surface area contributed by atoms with Crippen LogP contribution in [0, 0.1) is 6.92 Å². The van der Waals surface area contributed by atoms with Crippen LogP contribution >= 0.6 is 0 Å². The lowest BCUT2D eigenvalue weighted by Crippen LogP contribution is -2.26. The van der Waals surface area contributed by atoms with Gasteiger partial charge in [-0.2, -0.15) is 0 Å². The molecule has 5 nitrogen and oxygen atoms in total. The van der Waals surface area contributed by atoms with Crippen LogP contribution in [0.3, 0.4) is 0 Å². The number of rotatable bonds is 6.